The third kappa shape index (κ3) is 3.43. The fourth-order valence-corrected chi connectivity index (χ4v) is 2.72. The van der Waals surface area contributed by atoms with Gasteiger partial charge in [-0.05, 0) is 17.7 Å². The predicted octanol–water partition coefficient (Wildman–Crippen LogP) is 1.69. The molecule has 114 valence electrons. The predicted molar refractivity (Wildman–Crippen MR) is 89.2 cm³/mol. The minimum atomic E-state index is 0.121. The second-order valence-electron chi connectivity index (χ2n) is 5.56. The minimum absolute atomic E-state index is 0.121. The average Bonchev–Trinajstić information content (AvgIpc) is 2.57. The number of nitrogens with one attached hydrogen (secondary N) is 1. The Morgan fingerprint density at radius 1 is 1.05 bits per heavy atom. The number of anilines is 1. The highest BCUT2D eigenvalue weighted by Crippen LogP contribution is 2.14. The van der Waals surface area contributed by atoms with Crippen molar-refractivity contribution in [3.05, 3.63) is 59.8 Å². The van der Waals surface area contributed by atoms with Crippen LogP contribution >= 0.6 is 0 Å². The SMILES string of the molecule is N=C(N)c1ccc(CN2CCN(c3ccccn3)CC2)cc1. The number of hydrogen-bond acceptors (Lipinski definition) is 4. The van der Waals surface area contributed by atoms with Gasteiger partial charge in [-0.15, -0.1) is 0 Å². The summed E-state index contributed by atoms with van der Waals surface area (Å²) in [6, 6.07) is 14.0. The highest BCUT2D eigenvalue weighted by molar-refractivity contribution is 5.94. The van der Waals surface area contributed by atoms with Gasteiger partial charge in [0.2, 0.25) is 0 Å². The summed E-state index contributed by atoms with van der Waals surface area (Å²) in [5.74, 6) is 1.18. The molecule has 0 spiro atoms. The van der Waals surface area contributed by atoms with E-state index in [1.807, 2.05) is 30.5 Å². The molecule has 1 aliphatic rings. The number of pyridine rings is 1. The number of nitrogen functional groups attached to an aromatic ring is 1. The van der Waals surface area contributed by atoms with Crippen LogP contribution in [0.25, 0.3) is 0 Å². The Kier molecular flexibility index (Phi) is 4.34. The molecule has 0 amide bonds. The second kappa shape index (κ2) is 6.58. The molecule has 5 heteroatoms. The van der Waals surface area contributed by atoms with Crippen LogP contribution in [0.4, 0.5) is 5.82 Å². The summed E-state index contributed by atoms with van der Waals surface area (Å²) in [5, 5.41) is 7.42. The third-order valence-electron chi connectivity index (χ3n) is 4.02. The maximum absolute atomic E-state index is 7.42. The molecule has 1 aromatic carbocycles. The van der Waals surface area contributed by atoms with Gasteiger partial charge in [0.25, 0.3) is 0 Å². The largest absolute Gasteiger partial charge is 0.384 e. The number of nitrogens with zero attached hydrogens (tertiary/aromatic N) is 3. The number of aromatic nitrogens is 1. The van der Waals surface area contributed by atoms with Gasteiger partial charge in [0.15, 0.2) is 0 Å². The second-order valence-corrected chi connectivity index (χ2v) is 5.56. The topological polar surface area (TPSA) is 69.2 Å². The zero-order valence-corrected chi connectivity index (χ0v) is 12.6. The third-order valence-corrected chi connectivity index (χ3v) is 4.02. The Balaban J connectivity index is 1.54. The fourth-order valence-electron chi connectivity index (χ4n) is 2.72. The Labute approximate surface area is 130 Å². The highest BCUT2D eigenvalue weighted by atomic mass is 15.3. The van der Waals surface area contributed by atoms with Crippen molar-refractivity contribution in [2.75, 3.05) is 31.1 Å². The Morgan fingerprint density at radius 3 is 2.36 bits per heavy atom. The first-order valence-electron chi connectivity index (χ1n) is 7.54. The van der Waals surface area contributed by atoms with E-state index in [1.165, 1.54) is 5.56 Å². The molecule has 0 saturated carbocycles. The van der Waals surface area contributed by atoms with E-state index in [-0.39, 0.29) is 5.84 Å². The molecular formula is C17H21N5. The van der Waals surface area contributed by atoms with Crippen LogP contribution < -0.4 is 10.6 Å². The summed E-state index contributed by atoms with van der Waals surface area (Å²) < 4.78 is 0. The van der Waals surface area contributed by atoms with Crippen molar-refractivity contribution in [1.82, 2.24) is 9.88 Å². The molecular weight excluding hydrogens is 274 g/mol. The van der Waals surface area contributed by atoms with E-state index in [0.717, 1.165) is 44.1 Å². The number of hydrogen-bond donors (Lipinski definition) is 2. The lowest BCUT2D eigenvalue weighted by Crippen LogP contribution is -2.46. The van der Waals surface area contributed by atoms with Gasteiger partial charge in [-0.25, -0.2) is 4.98 Å². The van der Waals surface area contributed by atoms with E-state index in [4.69, 9.17) is 11.1 Å². The van der Waals surface area contributed by atoms with E-state index in [1.54, 1.807) is 0 Å². The van der Waals surface area contributed by atoms with Crippen molar-refractivity contribution >= 4 is 11.7 Å². The molecule has 1 fully saturated rings. The summed E-state index contributed by atoms with van der Waals surface area (Å²) in [6.45, 7) is 5.01. The van der Waals surface area contributed by atoms with E-state index in [2.05, 4.69) is 33.0 Å². The summed E-state index contributed by atoms with van der Waals surface area (Å²) in [5.41, 5.74) is 7.52. The first-order valence-corrected chi connectivity index (χ1v) is 7.54. The van der Waals surface area contributed by atoms with Crippen molar-refractivity contribution in [1.29, 1.82) is 5.41 Å². The molecule has 3 N–H and O–H groups in total. The molecule has 2 aromatic rings. The molecule has 0 radical (unpaired) electrons. The normalized spacial score (nSPS) is 15.7. The van der Waals surface area contributed by atoms with Crippen LogP contribution in [-0.2, 0) is 6.54 Å². The number of rotatable bonds is 4. The molecule has 0 unspecified atom stereocenters. The molecule has 3 rings (SSSR count). The maximum Gasteiger partial charge on any atom is 0.128 e. The molecule has 5 nitrogen and oxygen atoms in total. The smallest absolute Gasteiger partial charge is 0.128 e. The number of amidine groups is 1. The van der Waals surface area contributed by atoms with Crippen LogP contribution in [0.3, 0.4) is 0 Å². The molecule has 2 heterocycles. The van der Waals surface area contributed by atoms with Gasteiger partial charge in [0.1, 0.15) is 11.7 Å². The van der Waals surface area contributed by atoms with Gasteiger partial charge >= 0.3 is 0 Å². The Bertz CT molecular complexity index is 615. The van der Waals surface area contributed by atoms with Crippen molar-refractivity contribution < 1.29 is 0 Å². The molecule has 0 bridgehead atoms. The Morgan fingerprint density at radius 2 is 1.77 bits per heavy atom. The van der Waals surface area contributed by atoms with E-state index in [9.17, 15) is 0 Å². The van der Waals surface area contributed by atoms with Crippen LogP contribution in [0.1, 0.15) is 11.1 Å². The first-order chi connectivity index (χ1) is 10.7. The highest BCUT2D eigenvalue weighted by Gasteiger charge is 2.17. The zero-order chi connectivity index (χ0) is 15.4. The maximum atomic E-state index is 7.42. The summed E-state index contributed by atoms with van der Waals surface area (Å²) in [4.78, 5) is 9.19. The van der Waals surface area contributed by atoms with Gasteiger partial charge in [0.05, 0.1) is 0 Å². The van der Waals surface area contributed by atoms with Crippen LogP contribution in [0.5, 0.6) is 0 Å². The Hall–Kier alpha value is -2.40. The fraction of sp³-hybridized carbons (Fsp3) is 0.294. The van der Waals surface area contributed by atoms with Crippen LogP contribution in [0.2, 0.25) is 0 Å². The number of nitrogens with two attached hydrogens (primary N) is 1. The van der Waals surface area contributed by atoms with Crippen molar-refractivity contribution in [2.24, 2.45) is 5.73 Å². The van der Waals surface area contributed by atoms with Gasteiger partial charge < -0.3 is 10.6 Å². The molecule has 0 aliphatic carbocycles. The van der Waals surface area contributed by atoms with Crippen molar-refractivity contribution in [3.63, 3.8) is 0 Å². The van der Waals surface area contributed by atoms with Gasteiger partial charge in [-0.2, -0.15) is 0 Å². The average molecular weight is 295 g/mol. The van der Waals surface area contributed by atoms with Crippen molar-refractivity contribution in [3.8, 4) is 0 Å². The van der Waals surface area contributed by atoms with Crippen LogP contribution in [-0.4, -0.2) is 41.9 Å². The van der Waals surface area contributed by atoms with Gasteiger partial charge in [-0.1, -0.05) is 30.3 Å². The van der Waals surface area contributed by atoms with Crippen LogP contribution in [0.15, 0.2) is 48.7 Å². The van der Waals surface area contributed by atoms with Gasteiger partial charge in [0, 0.05) is 44.5 Å². The van der Waals surface area contributed by atoms with E-state index < -0.39 is 0 Å². The van der Waals surface area contributed by atoms with Gasteiger partial charge in [-0.3, -0.25) is 10.3 Å². The molecule has 1 saturated heterocycles. The van der Waals surface area contributed by atoms with E-state index in [0.29, 0.717) is 0 Å². The lowest BCUT2D eigenvalue weighted by atomic mass is 10.1. The lowest BCUT2D eigenvalue weighted by molar-refractivity contribution is 0.249. The summed E-state index contributed by atoms with van der Waals surface area (Å²) >= 11 is 0. The molecule has 1 aromatic heterocycles. The van der Waals surface area contributed by atoms with Crippen molar-refractivity contribution in [2.45, 2.75) is 6.54 Å². The molecule has 1 aliphatic heterocycles. The zero-order valence-electron chi connectivity index (χ0n) is 12.6. The lowest BCUT2D eigenvalue weighted by Gasteiger charge is -2.35. The quantitative estimate of drug-likeness (QED) is 0.665. The molecule has 22 heavy (non-hydrogen) atoms. The monoisotopic (exact) mass is 295 g/mol. The summed E-state index contributed by atoms with van der Waals surface area (Å²) in [7, 11) is 0. The van der Waals surface area contributed by atoms with Crippen LogP contribution in [0, 0.1) is 5.41 Å². The first kappa shape index (κ1) is 14.5. The number of piperazine rings is 1. The minimum Gasteiger partial charge on any atom is -0.384 e. The van der Waals surface area contributed by atoms with E-state index >= 15 is 0 Å². The molecule has 0 atom stereocenters. The standard InChI is InChI=1S/C17H21N5/c18-17(19)15-6-4-14(5-7-15)13-21-9-11-22(12-10-21)16-3-1-2-8-20-16/h1-8H,9-13H2,(H3,18,19). The number of benzene rings is 1. The summed E-state index contributed by atoms with van der Waals surface area (Å²) in [6.07, 6.45) is 1.85.